The van der Waals surface area contributed by atoms with E-state index in [1.165, 1.54) is 5.75 Å². The van der Waals surface area contributed by atoms with Crippen molar-refractivity contribution in [2.24, 2.45) is 5.73 Å². The maximum Gasteiger partial charge on any atom is 0.239 e. The smallest absolute Gasteiger partial charge is 0.239 e. The molecule has 70 valence electrons. The van der Waals surface area contributed by atoms with Gasteiger partial charge in [-0.3, -0.25) is 4.79 Å². The minimum atomic E-state index is -0.361. The van der Waals surface area contributed by atoms with E-state index in [1.807, 2.05) is 18.8 Å². The highest BCUT2D eigenvalue weighted by Gasteiger charge is 2.25. The standard InChI is InChI=1S/C8H16N2OS/c1-6(9)8(11)10(2)7-3-4-12-5-7/h6-7H,3-5,9H2,1-2H3/t6-,7?/m1/s1. The lowest BCUT2D eigenvalue weighted by atomic mass is 10.2. The Morgan fingerprint density at radius 1 is 1.75 bits per heavy atom. The minimum Gasteiger partial charge on any atom is -0.341 e. The number of hydrogen-bond acceptors (Lipinski definition) is 3. The van der Waals surface area contributed by atoms with Crippen molar-refractivity contribution in [3.8, 4) is 0 Å². The molecule has 0 saturated carbocycles. The quantitative estimate of drug-likeness (QED) is 0.678. The van der Waals surface area contributed by atoms with Gasteiger partial charge < -0.3 is 10.6 Å². The Hall–Kier alpha value is -0.220. The van der Waals surface area contributed by atoms with Gasteiger partial charge in [-0.25, -0.2) is 0 Å². The van der Waals surface area contributed by atoms with Gasteiger partial charge in [0.15, 0.2) is 0 Å². The summed E-state index contributed by atoms with van der Waals surface area (Å²) in [5.41, 5.74) is 5.51. The molecule has 3 nitrogen and oxygen atoms in total. The zero-order valence-corrected chi connectivity index (χ0v) is 8.43. The molecular weight excluding hydrogens is 172 g/mol. The SMILES string of the molecule is C[C@@H](N)C(=O)N(C)C1CCSC1. The molecule has 1 heterocycles. The first-order chi connectivity index (χ1) is 5.63. The summed E-state index contributed by atoms with van der Waals surface area (Å²) >= 11 is 1.90. The summed E-state index contributed by atoms with van der Waals surface area (Å²) in [6.45, 7) is 1.74. The minimum absolute atomic E-state index is 0.0579. The number of carbonyl (C=O) groups excluding carboxylic acids is 1. The van der Waals surface area contributed by atoms with Crippen LogP contribution in [-0.2, 0) is 4.79 Å². The van der Waals surface area contributed by atoms with Crippen molar-refractivity contribution in [3.63, 3.8) is 0 Å². The van der Waals surface area contributed by atoms with Crippen molar-refractivity contribution in [2.75, 3.05) is 18.6 Å². The Morgan fingerprint density at radius 3 is 2.83 bits per heavy atom. The zero-order valence-electron chi connectivity index (χ0n) is 7.62. The number of nitrogens with two attached hydrogens (primary N) is 1. The van der Waals surface area contributed by atoms with Crippen molar-refractivity contribution in [2.45, 2.75) is 25.4 Å². The van der Waals surface area contributed by atoms with E-state index < -0.39 is 0 Å². The average Bonchev–Trinajstić information content (AvgIpc) is 2.53. The molecule has 2 atom stereocenters. The summed E-state index contributed by atoms with van der Waals surface area (Å²) in [4.78, 5) is 13.2. The van der Waals surface area contributed by atoms with Gasteiger partial charge in [-0.05, 0) is 19.1 Å². The van der Waals surface area contributed by atoms with Gasteiger partial charge in [0.05, 0.1) is 6.04 Å². The molecule has 0 bridgehead atoms. The highest BCUT2D eigenvalue weighted by molar-refractivity contribution is 7.99. The lowest BCUT2D eigenvalue weighted by molar-refractivity contribution is -0.132. The van der Waals surface area contributed by atoms with E-state index in [0.29, 0.717) is 6.04 Å². The summed E-state index contributed by atoms with van der Waals surface area (Å²) in [6, 6.07) is 0.0501. The number of rotatable bonds is 2. The molecule has 4 heteroatoms. The van der Waals surface area contributed by atoms with Gasteiger partial charge in [0, 0.05) is 18.8 Å². The highest BCUT2D eigenvalue weighted by Crippen LogP contribution is 2.21. The number of amides is 1. The molecule has 0 aliphatic carbocycles. The molecule has 1 aliphatic rings. The molecule has 1 unspecified atom stereocenters. The topological polar surface area (TPSA) is 46.3 Å². The lowest BCUT2D eigenvalue weighted by Crippen LogP contribution is -2.45. The van der Waals surface area contributed by atoms with E-state index in [-0.39, 0.29) is 11.9 Å². The van der Waals surface area contributed by atoms with Crippen molar-refractivity contribution >= 4 is 17.7 Å². The van der Waals surface area contributed by atoms with Crippen LogP contribution in [0.15, 0.2) is 0 Å². The Labute approximate surface area is 77.7 Å². The molecule has 1 aliphatic heterocycles. The number of carbonyl (C=O) groups is 1. The van der Waals surface area contributed by atoms with Crippen LogP contribution in [0, 0.1) is 0 Å². The number of nitrogens with zero attached hydrogens (tertiary/aromatic N) is 1. The predicted octanol–water partition coefficient (Wildman–Crippen LogP) is 0.298. The Bertz CT molecular complexity index is 166. The fourth-order valence-electron chi connectivity index (χ4n) is 1.33. The Balaban J connectivity index is 2.45. The fourth-order valence-corrected chi connectivity index (χ4v) is 2.60. The van der Waals surface area contributed by atoms with Gasteiger partial charge in [-0.1, -0.05) is 0 Å². The van der Waals surface area contributed by atoms with Crippen LogP contribution in [0.3, 0.4) is 0 Å². The molecule has 12 heavy (non-hydrogen) atoms. The third-order valence-corrected chi connectivity index (χ3v) is 3.34. The molecule has 0 radical (unpaired) electrons. The average molecular weight is 188 g/mol. The van der Waals surface area contributed by atoms with Crippen LogP contribution >= 0.6 is 11.8 Å². The summed E-state index contributed by atoms with van der Waals surface area (Å²) in [5, 5.41) is 0. The van der Waals surface area contributed by atoms with Crippen molar-refractivity contribution < 1.29 is 4.79 Å². The maximum absolute atomic E-state index is 11.4. The van der Waals surface area contributed by atoms with Crippen molar-refractivity contribution in [1.82, 2.24) is 4.90 Å². The van der Waals surface area contributed by atoms with Gasteiger partial charge in [-0.15, -0.1) is 0 Å². The summed E-state index contributed by atoms with van der Waals surface area (Å²) in [7, 11) is 1.85. The van der Waals surface area contributed by atoms with Crippen LogP contribution in [0.2, 0.25) is 0 Å². The fraction of sp³-hybridized carbons (Fsp3) is 0.875. The first-order valence-corrected chi connectivity index (χ1v) is 5.38. The van der Waals surface area contributed by atoms with Crippen molar-refractivity contribution in [1.29, 1.82) is 0 Å². The van der Waals surface area contributed by atoms with Crippen LogP contribution in [0.5, 0.6) is 0 Å². The monoisotopic (exact) mass is 188 g/mol. The molecule has 1 rings (SSSR count). The predicted molar refractivity (Wildman–Crippen MR) is 52.1 cm³/mol. The van der Waals surface area contributed by atoms with E-state index in [1.54, 1.807) is 11.8 Å². The van der Waals surface area contributed by atoms with E-state index in [0.717, 1.165) is 12.2 Å². The molecule has 0 aromatic rings. The second kappa shape index (κ2) is 4.14. The molecule has 2 N–H and O–H groups in total. The van der Waals surface area contributed by atoms with Crippen LogP contribution in [0.1, 0.15) is 13.3 Å². The summed E-state index contributed by atoms with van der Waals surface area (Å²) in [5.74, 6) is 2.29. The van der Waals surface area contributed by atoms with Crippen LogP contribution in [0.25, 0.3) is 0 Å². The summed E-state index contributed by atoms with van der Waals surface area (Å²) in [6.07, 6.45) is 1.11. The van der Waals surface area contributed by atoms with E-state index in [4.69, 9.17) is 5.73 Å². The van der Waals surface area contributed by atoms with Crippen LogP contribution in [-0.4, -0.2) is 41.4 Å². The van der Waals surface area contributed by atoms with E-state index in [9.17, 15) is 4.79 Å². The van der Waals surface area contributed by atoms with Gasteiger partial charge in [0.1, 0.15) is 0 Å². The third-order valence-electron chi connectivity index (χ3n) is 2.19. The van der Waals surface area contributed by atoms with Crippen LogP contribution in [0.4, 0.5) is 0 Å². The Kier molecular flexibility index (Phi) is 3.40. The molecule has 1 fully saturated rings. The van der Waals surface area contributed by atoms with E-state index in [2.05, 4.69) is 0 Å². The maximum atomic E-state index is 11.4. The zero-order chi connectivity index (χ0) is 9.14. The molecular formula is C8H16N2OS. The molecule has 0 aromatic carbocycles. The van der Waals surface area contributed by atoms with Gasteiger partial charge >= 0.3 is 0 Å². The van der Waals surface area contributed by atoms with Crippen LogP contribution < -0.4 is 5.73 Å². The normalized spacial score (nSPS) is 25.4. The lowest BCUT2D eigenvalue weighted by Gasteiger charge is -2.25. The second-order valence-electron chi connectivity index (χ2n) is 3.26. The number of likely N-dealkylation sites (N-methyl/N-ethyl adjacent to an activating group) is 1. The van der Waals surface area contributed by atoms with Crippen molar-refractivity contribution in [3.05, 3.63) is 0 Å². The first kappa shape index (κ1) is 9.86. The highest BCUT2D eigenvalue weighted by atomic mass is 32.2. The van der Waals surface area contributed by atoms with E-state index >= 15 is 0 Å². The number of thioether (sulfide) groups is 1. The Morgan fingerprint density at radius 2 is 2.42 bits per heavy atom. The molecule has 1 amide bonds. The van der Waals surface area contributed by atoms with Gasteiger partial charge in [0.25, 0.3) is 0 Å². The summed E-state index contributed by atoms with van der Waals surface area (Å²) < 4.78 is 0. The third kappa shape index (κ3) is 2.14. The molecule has 0 aromatic heterocycles. The first-order valence-electron chi connectivity index (χ1n) is 4.23. The van der Waals surface area contributed by atoms with Gasteiger partial charge in [-0.2, -0.15) is 11.8 Å². The molecule has 1 saturated heterocycles. The van der Waals surface area contributed by atoms with Gasteiger partial charge in [0.2, 0.25) is 5.91 Å². The molecule has 0 spiro atoms. The second-order valence-corrected chi connectivity index (χ2v) is 4.41. The number of hydrogen-bond donors (Lipinski definition) is 1. The largest absolute Gasteiger partial charge is 0.341 e.